The Bertz CT molecular complexity index is 581. The van der Waals surface area contributed by atoms with Crippen LogP contribution in [0.3, 0.4) is 0 Å². The van der Waals surface area contributed by atoms with Gasteiger partial charge in [0.25, 0.3) is 0 Å². The van der Waals surface area contributed by atoms with Crippen molar-refractivity contribution in [3.8, 4) is 5.75 Å². The van der Waals surface area contributed by atoms with E-state index in [1.807, 2.05) is 27.1 Å². The number of nitrogens with zero attached hydrogens (tertiary/aromatic N) is 1. The van der Waals surface area contributed by atoms with Crippen LogP contribution >= 0.6 is 0 Å². The number of hydrogen-bond donors (Lipinski definition) is 1. The van der Waals surface area contributed by atoms with Crippen molar-refractivity contribution in [2.75, 3.05) is 7.05 Å². The Balaban J connectivity index is 2.17. The summed E-state index contributed by atoms with van der Waals surface area (Å²) in [5, 5.41) is 3.37. The molecule has 1 heterocycles. The Hall–Kier alpha value is -1.87. The Kier molecular flexibility index (Phi) is 5.34. The van der Waals surface area contributed by atoms with E-state index >= 15 is 0 Å². The molecule has 0 radical (unpaired) electrons. The summed E-state index contributed by atoms with van der Waals surface area (Å²) in [4.78, 5) is 4.30. The van der Waals surface area contributed by atoms with Crippen LogP contribution in [0, 0.1) is 6.92 Å². The smallest absolute Gasteiger partial charge is 0.138 e. The van der Waals surface area contributed by atoms with Crippen LogP contribution in [-0.2, 0) is 6.42 Å². The number of ether oxygens (including phenoxy) is 1. The zero-order valence-corrected chi connectivity index (χ0v) is 13.3. The second-order valence-corrected chi connectivity index (χ2v) is 5.66. The number of nitrogens with one attached hydrogen (secondary N) is 1. The molecule has 0 saturated carbocycles. The Morgan fingerprint density at radius 2 is 2.00 bits per heavy atom. The van der Waals surface area contributed by atoms with E-state index in [0.29, 0.717) is 0 Å². The van der Waals surface area contributed by atoms with Crippen molar-refractivity contribution in [2.45, 2.75) is 39.3 Å². The summed E-state index contributed by atoms with van der Waals surface area (Å²) >= 11 is 0. The molecule has 1 atom stereocenters. The number of rotatable bonds is 6. The lowest BCUT2D eigenvalue weighted by atomic mass is 9.99. The van der Waals surface area contributed by atoms with Crippen molar-refractivity contribution in [3.05, 3.63) is 59.4 Å². The summed E-state index contributed by atoms with van der Waals surface area (Å²) in [6, 6.07) is 10.9. The zero-order chi connectivity index (χ0) is 15.2. The van der Waals surface area contributed by atoms with Crippen molar-refractivity contribution in [3.63, 3.8) is 0 Å². The van der Waals surface area contributed by atoms with Gasteiger partial charge in [0.2, 0.25) is 0 Å². The minimum Gasteiger partial charge on any atom is -0.489 e. The highest BCUT2D eigenvalue weighted by Crippen LogP contribution is 2.22. The summed E-state index contributed by atoms with van der Waals surface area (Å²) in [5.74, 6) is 0.826. The maximum absolute atomic E-state index is 5.73. The number of likely N-dealkylation sites (N-methyl/N-ethyl adjacent to an activating group) is 1. The lowest BCUT2D eigenvalue weighted by Crippen LogP contribution is -2.19. The lowest BCUT2D eigenvalue weighted by Gasteiger charge is -2.18. The highest BCUT2D eigenvalue weighted by atomic mass is 16.5. The Labute approximate surface area is 127 Å². The van der Waals surface area contributed by atoms with Crippen molar-refractivity contribution in [1.29, 1.82) is 0 Å². The van der Waals surface area contributed by atoms with Gasteiger partial charge in [0.1, 0.15) is 5.75 Å². The highest BCUT2D eigenvalue weighted by molar-refractivity contribution is 5.29. The fourth-order valence-corrected chi connectivity index (χ4v) is 2.42. The van der Waals surface area contributed by atoms with Gasteiger partial charge < -0.3 is 10.1 Å². The van der Waals surface area contributed by atoms with Gasteiger partial charge >= 0.3 is 0 Å². The van der Waals surface area contributed by atoms with Crippen molar-refractivity contribution >= 4 is 0 Å². The molecule has 0 spiro atoms. The van der Waals surface area contributed by atoms with E-state index in [2.05, 4.69) is 47.6 Å². The lowest BCUT2D eigenvalue weighted by molar-refractivity contribution is 0.241. The molecule has 0 amide bonds. The molecule has 1 aromatic heterocycles. The minimum absolute atomic E-state index is 0.159. The second kappa shape index (κ2) is 7.23. The van der Waals surface area contributed by atoms with E-state index in [-0.39, 0.29) is 12.1 Å². The molecule has 0 saturated heterocycles. The van der Waals surface area contributed by atoms with Crippen LogP contribution in [0.25, 0.3) is 0 Å². The van der Waals surface area contributed by atoms with E-state index in [1.54, 1.807) is 6.20 Å². The quantitative estimate of drug-likeness (QED) is 0.878. The molecule has 2 aromatic rings. The molecule has 1 aromatic carbocycles. The first-order valence-electron chi connectivity index (χ1n) is 7.43. The number of aryl methyl sites for hydroxylation is 1. The van der Waals surface area contributed by atoms with Gasteiger partial charge in [0.15, 0.2) is 0 Å². The molecule has 0 aliphatic rings. The van der Waals surface area contributed by atoms with E-state index < -0.39 is 0 Å². The van der Waals surface area contributed by atoms with Crippen LogP contribution in [0.5, 0.6) is 5.75 Å². The average Bonchev–Trinajstić information content (AvgIpc) is 2.44. The number of pyridine rings is 1. The van der Waals surface area contributed by atoms with Crippen LogP contribution in [0.15, 0.2) is 42.7 Å². The van der Waals surface area contributed by atoms with Crippen LogP contribution in [0.2, 0.25) is 0 Å². The number of hydrogen-bond acceptors (Lipinski definition) is 3. The molecule has 112 valence electrons. The molecular weight excluding hydrogens is 260 g/mol. The maximum Gasteiger partial charge on any atom is 0.138 e. The third kappa shape index (κ3) is 4.57. The normalized spacial score (nSPS) is 12.4. The van der Waals surface area contributed by atoms with Gasteiger partial charge in [-0.3, -0.25) is 4.98 Å². The Morgan fingerprint density at radius 3 is 2.67 bits per heavy atom. The molecular formula is C18H24N2O. The first-order chi connectivity index (χ1) is 10.1. The fraction of sp³-hybridized carbons (Fsp3) is 0.389. The standard InChI is InChI=1S/C18H24N2O/c1-13(2)21-17-10-16(11-20-12-17)18(19-4)9-15-7-5-6-14(3)8-15/h5-8,10-13,18-19H,9H2,1-4H3. The molecule has 3 nitrogen and oxygen atoms in total. The van der Waals surface area contributed by atoms with E-state index in [4.69, 9.17) is 4.74 Å². The van der Waals surface area contributed by atoms with E-state index in [9.17, 15) is 0 Å². The van der Waals surface area contributed by atoms with Crippen LogP contribution in [0.4, 0.5) is 0 Å². The summed E-state index contributed by atoms with van der Waals surface area (Å²) in [6.07, 6.45) is 4.77. The molecule has 0 fully saturated rings. The second-order valence-electron chi connectivity index (χ2n) is 5.66. The first-order valence-corrected chi connectivity index (χ1v) is 7.43. The van der Waals surface area contributed by atoms with Gasteiger partial charge in [0, 0.05) is 12.2 Å². The first kappa shape index (κ1) is 15.5. The van der Waals surface area contributed by atoms with Crippen molar-refractivity contribution in [1.82, 2.24) is 10.3 Å². The molecule has 0 bridgehead atoms. The number of aromatic nitrogens is 1. The summed E-state index contributed by atoms with van der Waals surface area (Å²) in [6.45, 7) is 6.17. The molecule has 2 rings (SSSR count). The van der Waals surface area contributed by atoms with Crippen LogP contribution < -0.4 is 10.1 Å². The molecule has 0 aliphatic heterocycles. The van der Waals surface area contributed by atoms with Crippen molar-refractivity contribution in [2.24, 2.45) is 0 Å². The predicted molar refractivity (Wildman–Crippen MR) is 86.7 cm³/mol. The monoisotopic (exact) mass is 284 g/mol. The largest absolute Gasteiger partial charge is 0.489 e. The average molecular weight is 284 g/mol. The van der Waals surface area contributed by atoms with Gasteiger partial charge in [-0.1, -0.05) is 29.8 Å². The van der Waals surface area contributed by atoms with E-state index in [1.165, 1.54) is 11.1 Å². The summed E-state index contributed by atoms with van der Waals surface area (Å²) in [7, 11) is 1.98. The number of benzene rings is 1. The summed E-state index contributed by atoms with van der Waals surface area (Å²) < 4.78 is 5.73. The SMILES string of the molecule is CNC(Cc1cccc(C)c1)c1cncc(OC(C)C)c1. The van der Waals surface area contributed by atoms with Gasteiger partial charge in [-0.15, -0.1) is 0 Å². The minimum atomic E-state index is 0.159. The zero-order valence-electron chi connectivity index (χ0n) is 13.3. The Morgan fingerprint density at radius 1 is 1.19 bits per heavy atom. The van der Waals surface area contributed by atoms with E-state index in [0.717, 1.165) is 17.7 Å². The molecule has 0 aliphatic carbocycles. The highest BCUT2D eigenvalue weighted by Gasteiger charge is 2.12. The van der Waals surface area contributed by atoms with Gasteiger partial charge in [0.05, 0.1) is 12.3 Å². The topological polar surface area (TPSA) is 34.2 Å². The van der Waals surface area contributed by atoms with Gasteiger partial charge in [-0.2, -0.15) is 0 Å². The predicted octanol–water partition coefficient (Wildman–Crippen LogP) is 3.68. The maximum atomic E-state index is 5.73. The fourth-order valence-electron chi connectivity index (χ4n) is 2.42. The van der Waals surface area contributed by atoms with Gasteiger partial charge in [-0.05, 0) is 51.4 Å². The summed E-state index contributed by atoms with van der Waals surface area (Å²) in [5.41, 5.74) is 3.76. The molecule has 1 N–H and O–H groups in total. The molecule has 21 heavy (non-hydrogen) atoms. The molecule has 3 heteroatoms. The third-order valence-corrected chi connectivity index (χ3v) is 3.38. The van der Waals surface area contributed by atoms with Gasteiger partial charge in [-0.25, -0.2) is 0 Å². The van der Waals surface area contributed by atoms with Crippen LogP contribution in [0.1, 0.15) is 36.6 Å². The van der Waals surface area contributed by atoms with Crippen molar-refractivity contribution < 1.29 is 4.74 Å². The third-order valence-electron chi connectivity index (χ3n) is 3.38. The molecule has 1 unspecified atom stereocenters. The van der Waals surface area contributed by atoms with Crippen LogP contribution in [-0.4, -0.2) is 18.1 Å².